The zero-order chi connectivity index (χ0) is 15.9. The molecule has 6 heteroatoms. The number of anilines is 1. The maximum absolute atomic E-state index is 12.0. The first-order chi connectivity index (χ1) is 9.84. The highest BCUT2D eigenvalue weighted by Gasteiger charge is 2.13. The smallest absolute Gasteiger partial charge is 0.232 e. The average molecular weight is 330 g/mol. The van der Waals surface area contributed by atoms with E-state index in [-0.39, 0.29) is 12.4 Å². The lowest BCUT2D eigenvalue weighted by Gasteiger charge is -2.11. The number of aliphatic hydroxyl groups is 1. The Morgan fingerprint density at radius 2 is 2.10 bits per heavy atom. The first-order valence-electron chi connectivity index (χ1n) is 6.74. The molecule has 0 spiro atoms. The summed E-state index contributed by atoms with van der Waals surface area (Å²) in [6, 6.07) is 4.81. The lowest BCUT2D eigenvalue weighted by atomic mass is 10.2. The van der Waals surface area contributed by atoms with E-state index in [1.54, 1.807) is 18.2 Å². The minimum atomic E-state index is -3.41. The number of sulfonamides is 1. The molecule has 0 saturated carbocycles. The highest BCUT2D eigenvalue weighted by Crippen LogP contribution is 2.21. The van der Waals surface area contributed by atoms with Crippen molar-refractivity contribution in [3.05, 3.63) is 28.8 Å². The first kappa shape index (κ1) is 17.8. The molecule has 0 fully saturated rings. The van der Waals surface area contributed by atoms with Crippen molar-refractivity contribution >= 4 is 27.3 Å². The van der Waals surface area contributed by atoms with Crippen LogP contribution in [0.15, 0.2) is 18.2 Å². The normalized spacial score (nSPS) is 11.1. The fourth-order valence-corrected chi connectivity index (χ4v) is 3.10. The zero-order valence-corrected chi connectivity index (χ0v) is 13.8. The molecule has 0 aliphatic carbocycles. The van der Waals surface area contributed by atoms with Gasteiger partial charge in [-0.1, -0.05) is 37.3 Å². The number of hydrogen-bond acceptors (Lipinski definition) is 3. The number of hydrogen-bond donors (Lipinski definition) is 2. The van der Waals surface area contributed by atoms with Gasteiger partial charge in [0, 0.05) is 11.4 Å². The molecule has 4 nitrogen and oxygen atoms in total. The molecule has 0 saturated heterocycles. The van der Waals surface area contributed by atoms with Gasteiger partial charge in [0.1, 0.15) is 0 Å². The molecule has 0 bridgehead atoms. The van der Waals surface area contributed by atoms with Gasteiger partial charge >= 0.3 is 0 Å². The standard InChI is InChI=1S/C15H20ClNO3S/c1-12(2)8-10-21(19,20)17-15-7-6-14(16)11-13(15)5-3-4-9-18/h6-7,11-12,17-18H,4,8-10H2,1-2H3. The molecule has 0 unspecified atom stereocenters. The maximum Gasteiger partial charge on any atom is 0.232 e. The van der Waals surface area contributed by atoms with Crippen LogP contribution in [-0.2, 0) is 10.0 Å². The molecular weight excluding hydrogens is 310 g/mol. The second-order valence-electron chi connectivity index (χ2n) is 5.07. The highest BCUT2D eigenvalue weighted by molar-refractivity contribution is 7.92. The van der Waals surface area contributed by atoms with Crippen LogP contribution >= 0.6 is 11.6 Å². The van der Waals surface area contributed by atoms with Crippen molar-refractivity contribution in [2.75, 3.05) is 17.1 Å². The molecular formula is C15H20ClNO3S. The van der Waals surface area contributed by atoms with Gasteiger partial charge in [-0.15, -0.1) is 0 Å². The average Bonchev–Trinajstić information content (AvgIpc) is 2.40. The Bertz CT molecular complexity index is 630. The van der Waals surface area contributed by atoms with Gasteiger partial charge < -0.3 is 5.11 Å². The zero-order valence-electron chi connectivity index (χ0n) is 12.2. The molecule has 0 heterocycles. The van der Waals surface area contributed by atoms with Crippen LogP contribution in [0, 0.1) is 17.8 Å². The molecule has 0 radical (unpaired) electrons. The Hall–Kier alpha value is -1.22. The molecule has 0 aromatic heterocycles. The summed E-state index contributed by atoms with van der Waals surface area (Å²) in [4.78, 5) is 0. The molecule has 1 aromatic carbocycles. The van der Waals surface area contributed by atoms with Gasteiger partial charge in [-0.3, -0.25) is 4.72 Å². The largest absolute Gasteiger partial charge is 0.395 e. The van der Waals surface area contributed by atoms with Gasteiger partial charge in [0.05, 0.1) is 23.6 Å². The number of rotatable bonds is 6. The SMILES string of the molecule is CC(C)CCS(=O)(=O)Nc1ccc(Cl)cc1C#CCCO. The predicted molar refractivity (Wildman–Crippen MR) is 86.9 cm³/mol. The van der Waals surface area contributed by atoms with Crippen LogP contribution in [0.4, 0.5) is 5.69 Å². The van der Waals surface area contributed by atoms with E-state index < -0.39 is 10.0 Å². The van der Waals surface area contributed by atoms with E-state index in [0.29, 0.717) is 35.0 Å². The van der Waals surface area contributed by atoms with E-state index in [9.17, 15) is 8.42 Å². The Morgan fingerprint density at radius 1 is 1.38 bits per heavy atom. The topological polar surface area (TPSA) is 66.4 Å². The van der Waals surface area contributed by atoms with Crippen LogP contribution < -0.4 is 4.72 Å². The summed E-state index contributed by atoms with van der Waals surface area (Å²) in [6.07, 6.45) is 0.917. The Kier molecular flexibility index (Phi) is 7.03. The van der Waals surface area contributed by atoms with Crippen molar-refractivity contribution in [2.24, 2.45) is 5.92 Å². The third kappa shape index (κ3) is 6.85. The van der Waals surface area contributed by atoms with Gasteiger partial charge in [0.15, 0.2) is 0 Å². The fourth-order valence-electron chi connectivity index (χ4n) is 1.53. The second kappa shape index (κ2) is 8.28. The molecule has 2 N–H and O–H groups in total. The predicted octanol–water partition coefficient (Wildman–Crippen LogP) is 2.86. The van der Waals surface area contributed by atoms with Gasteiger partial charge in [0.2, 0.25) is 10.0 Å². The minimum absolute atomic E-state index is 0.0387. The Morgan fingerprint density at radius 3 is 2.71 bits per heavy atom. The molecule has 1 aromatic rings. The molecule has 0 atom stereocenters. The first-order valence-corrected chi connectivity index (χ1v) is 8.77. The number of nitrogens with one attached hydrogen (secondary N) is 1. The molecule has 0 aliphatic heterocycles. The third-order valence-electron chi connectivity index (χ3n) is 2.67. The van der Waals surface area contributed by atoms with Crippen LogP contribution in [0.25, 0.3) is 0 Å². The number of aliphatic hydroxyl groups excluding tert-OH is 1. The van der Waals surface area contributed by atoms with Crippen molar-refractivity contribution in [2.45, 2.75) is 26.7 Å². The number of halogens is 1. The third-order valence-corrected chi connectivity index (χ3v) is 4.21. The molecule has 0 aliphatic rings. The van der Waals surface area contributed by atoms with Crippen molar-refractivity contribution in [3.8, 4) is 11.8 Å². The van der Waals surface area contributed by atoms with E-state index in [1.165, 1.54) is 0 Å². The quantitative estimate of drug-likeness (QED) is 0.789. The van der Waals surface area contributed by atoms with Gasteiger partial charge in [-0.25, -0.2) is 8.42 Å². The van der Waals surface area contributed by atoms with Crippen LogP contribution in [0.1, 0.15) is 32.3 Å². The highest BCUT2D eigenvalue weighted by atomic mass is 35.5. The van der Waals surface area contributed by atoms with Gasteiger partial charge in [0.25, 0.3) is 0 Å². The Balaban J connectivity index is 2.95. The fraction of sp³-hybridized carbons (Fsp3) is 0.467. The van der Waals surface area contributed by atoms with E-state index in [1.807, 2.05) is 13.8 Å². The van der Waals surface area contributed by atoms with Crippen LogP contribution in [-0.4, -0.2) is 25.9 Å². The van der Waals surface area contributed by atoms with Crippen molar-refractivity contribution in [1.29, 1.82) is 0 Å². The summed E-state index contributed by atoms with van der Waals surface area (Å²) in [5, 5.41) is 9.22. The van der Waals surface area contributed by atoms with Crippen molar-refractivity contribution < 1.29 is 13.5 Å². The molecule has 1 rings (SSSR count). The van der Waals surface area contributed by atoms with Crippen LogP contribution in [0.5, 0.6) is 0 Å². The summed E-state index contributed by atoms with van der Waals surface area (Å²) in [5.74, 6) is 5.96. The monoisotopic (exact) mass is 329 g/mol. The molecule has 0 amide bonds. The van der Waals surface area contributed by atoms with E-state index in [2.05, 4.69) is 16.6 Å². The van der Waals surface area contributed by atoms with Crippen LogP contribution in [0.3, 0.4) is 0 Å². The lowest BCUT2D eigenvalue weighted by molar-refractivity contribution is 0.305. The molecule has 21 heavy (non-hydrogen) atoms. The van der Waals surface area contributed by atoms with Crippen molar-refractivity contribution in [1.82, 2.24) is 0 Å². The van der Waals surface area contributed by atoms with E-state index >= 15 is 0 Å². The summed E-state index contributed by atoms with van der Waals surface area (Å²) in [7, 11) is -3.41. The summed E-state index contributed by atoms with van der Waals surface area (Å²) in [6.45, 7) is 3.91. The summed E-state index contributed by atoms with van der Waals surface area (Å²) < 4.78 is 26.6. The van der Waals surface area contributed by atoms with E-state index in [4.69, 9.17) is 16.7 Å². The maximum atomic E-state index is 12.0. The molecule has 116 valence electrons. The lowest BCUT2D eigenvalue weighted by Crippen LogP contribution is -2.18. The summed E-state index contributed by atoms with van der Waals surface area (Å²) >= 11 is 5.91. The van der Waals surface area contributed by atoms with Crippen molar-refractivity contribution in [3.63, 3.8) is 0 Å². The summed E-state index contributed by atoms with van der Waals surface area (Å²) in [5.41, 5.74) is 0.915. The van der Waals surface area contributed by atoms with E-state index in [0.717, 1.165) is 0 Å². The number of benzene rings is 1. The Labute approximate surface area is 131 Å². The van der Waals surface area contributed by atoms with Crippen LogP contribution in [0.2, 0.25) is 5.02 Å². The minimum Gasteiger partial charge on any atom is -0.395 e. The van der Waals surface area contributed by atoms with Gasteiger partial charge in [-0.2, -0.15) is 0 Å². The second-order valence-corrected chi connectivity index (χ2v) is 7.35. The van der Waals surface area contributed by atoms with Gasteiger partial charge in [-0.05, 0) is 30.5 Å².